The molecule has 1 N–H and O–H groups in total. The maximum absolute atomic E-state index is 5.08. The summed E-state index contributed by atoms with van der Waals surface area (Å²) in [7, 11) is 1.61. The minimum Gasteiger partial charge on any atom is -0.481 e. The summed E-state index contributed by atoms with van der Waals surface area (Å²) >= 11 is 0. The van der Waals surface area contributed by atoms with Gasteiger partial charge in [0.25, 0.3) is 0 Å². The quantitative estimate of drug-likeness (QED) is 0.824. The van der Waals surface area contributed by atoms with E-state index >= 15 is 0 Å². The summed E-state index contributed by atoms with van der Waals surface area (Å²) in [4.78, 5) is 8.27. The van der Waals surface area contributed by atoms with Gasteiger partial charge in [-0.2, -0.15) is 5.10 Å². The molecule has 0 bridgehead atoms. The summed E-state index contributed by atoms with van der Waals surface area (Å²) in [6, 6.07) is 3.87. The van der Waals surface area contributed by atoms with Crippen LogP contribution in [0.2, 0.25) is 0 Å². The normalized spacial score (nSPS) is 10.6. The molecule has 6 nitrogen and oxygen atoms in total. The van der Waals surface area contributed by atoms with Crippen LogP contribution in [0.4, 0.5) is 0 Å². The smallest absolute Gasteiger partial charge is 0.213 e. The summed E-state index contributed by atoms with van der Waals surface area (Å²) in [5.74, 6) is 1.57. The highest BCUT2D eigenvalue weighted by atomic mass is 16.5. The zero-order valence-corrected chi connectivity index (χ0v) is 10.6. The van der Waals surface area contributed by atoms with E-state index in [-0.39, 0.29) is 0 Å². The monoisotopic (exact) mass is 247 g/mol. The molecule has 0 aromatic carbocycles. The topological polar surface area (TPSA) is 64.9 Å². The van der Waals surface area contributed by atoms with Crippen molar-refractivity contribution in [2.24, 2.45) is 0 Å². The second-order valence-electron chi connectivity index (χ2n) is 3.80. The van der Waals surface area contributed by atoms with Gasteiger partial charge >= 0.3 is 0 Å². The van der Waals surface area contributed by atoms with Gasteiger partial charge in [-0.15, -0.1) is 0 Å². The number of rotatable bonds is 6. The average molecular weight is 247 g/mol. The predicted octanol–water partition coefficient (Wildman–Crippen LogP) is 0.991. The van der Waals surface area contributed by atoms with Gasteiger partial charge in [-0.3, -0.25) is 0 Å². The fraction of sp³-hybridized carbons (Fsp3) is 0.417. The molecule has 0 aliphatic heterocycles. The molecule has 18 heavy (non-hydrogen) atoms. The first-order chi connectivity index (χ1) is 8.83. The Hall–Kier alpha value is -1.95. The molecule has 2 aromatic rings. The van der Waals surface area contributed by atoms with Crippen molar-refractivity contribution in [3.63, 3.8) is 0 Å². The first-order valence-corrected chi connectivity index (χ1v) is 5.89. The van der Waals surface area contributed by atoms with Gasteiger partial charge in [-0.1, -0.05) is 0 Å². The molecule has 6 heteroatoms. The number of ether oxygens (including phenoxy) is 1. The van der Waals surface area contributed by atoms with Crippen molar-refractivity contribution < 1.29 is 4.74 Å². The Balaban J connectivity index is 1.88. The first-order valence-electron chi connectivity index (χ1n) is 5.89. The van der Waals surface area contributed by atoms with Crippen molar-refractivity contribution in [3.8, 4) is 5.88 Å². The molecule has 0 fully saturated rings. The van der Waals surface area contributed by atoms with Crippen molar-refractivity contribution in [2.75, 3.05) is 7.11 Å². The number of aromatic nitrogens is 4. The van der Waals surface area contributed by atoms with Gasteiger partial charge in [-0.05, 0) is 18.6 Å². The Morgan fingerprint density at radius 2 is 2.22 bits per heavy atom. The Morgan fingerprint density at radius 3 is 3.00 bits per heavy atom. The molecule has 2 aromatic heterocycles. The van der Waals surface area contributed by atoms with Crippen LogP contribution in [0.5, 0.6) is 5.88 Å². The summed E-state index contributed by atoms with van der Waals surface area (Å²) < 4.78 is 6.95. The third kappa shape index (κ3) is 3.04. The minimum atomic E-state index is 0.631. The SMILES string of the molecule is CCn1ncnc1CNCc1ccnc(OC)c1. The largest absolute Gasteiger partial charge is 0.481 e. The van der Waals surface area contributed by atoms with Crippen LogP contribution in [-0.2, 0) is 19.6 Å². The Kier molecular flexibility index (Phi) is 4.25. The molecule has 0 saturated heterocycles. The van der Waals surface area contributed by atoms with Crippen molar-refractivity contribution in [1.29, 1.82) is 0 Å². The lowest BCUT2D eigenvalue weighted by Gasteiger charge is -2.06. The van der Waals surface area contributed by atoms with Gasteiger partial charge in [0.15, 0.2) is 0 Å². The number of nitrogens with one attached hydrogen (secondary N) is 1. The fourth-order valence-corrected chi connectivity index (χ4v) is 1.68. The molecule has 0 amide bonds. The zero-order chi connectivity index (χ0) is 12.8. The second-order valence-corrected chi connectivity index (χ2v) is 3.80. The molecular weight excluding hydrogens is 230 g/mol. The molecule has 2 rings (SSSR count). The van der Waals surface area contributed by atoms with Crippen LogP contribution >= 0.6 is 0 Å². The maximum Gasteiger partial charge on any atom is 0.213 e. The lowest BCUT2D eigenvalue weighted by Crippen LogP contribution is -2.17. The van der Waals surface area contributed by atoms with Crippen LogP contribution in [0.3, 0.4) is 0 Å². The molecule has 0 aliphatic rings. The highest BCUT2D eigenvalue weighted by Crippen LogP contribution is 2.08. The highest BCUT2D eigenvalue weighted by Gasteiger charge is 2.02. The average Bonchev–Trinajstić information content (AvgIpc) is 2.86. The number of hydrogen-bond donors (Lipinski definition) is 1. The van der Waals surface area contributed by atoms with Gasteiger partial charge < -0.3 is 10.1 Å². The molecule has 0 aliphatic carbocycles. The molecule has 96 valence electrons. The molecule has 0 radical (unpaired) electrons. The van der Waals surface area contributed by atoms with Gasteiger partial charge in [0.1, 0.15) is 12.2 Å². The van der Waals surface area contributed by atoms with E-state index in [1.165, 1.54) is 0 Å². The molecule has 0 atom stereocenters. The maximum atomic E-state index is 5.08. The van der Waals surface area contributed by atoms with Gasteiger partial charge in [0, 0.05) is 25.4 Å². The summed E-state index contributed by atoms with van der Waals surface area (Å²) in [6.07, 6.45) is 3.32. The van der Waals surface area contributed by atoms with Crippen molar-refractivity contribution >= 4 is 0 Å². The molecular formula is C12H17N5O. The minimum absolute atomic E-state index is 0.631. The van der Waals surface area contributed by atoms with Crippen LogP contribution in [0.1, 0.15) is 18.3 Å². The van der Waals surface area contributed by atoms with Crippen LogP contribution in [0.15, 0.2) is 24.7 Å². The Morgan fingerprint density at radius 1 is 1.33 bits per heavy atom. The van der Waals surface area contributed by atoms with E-state index < -0.39 is 0 Å². The third-order valence-corrected chi connectivity index (χ3v) is 2.62. The lowest BCUT2D eigenvalue weighted by atomic mass is 10.2. The van der Waals surface area contributed by atoms with E-state index in [1.54, 1.807) is 19.6 Å². The van der Waals surface area contributed by atoms with Gasteiger partial charge in [-0.25, -0.2) is 14.6 Å². The standard InChI is InChI=1S/C12H17N5O/c1-3-17-11(15-9-16-17)8-13-7-10-4-5-14-12(6-10)18-2/h4-6,9,13H,3,7-8H2,1-2H3. The van der Waals surface area contributed by atoms with E-state index in [2.05, 4.69) is 20.4 Å². The van der Waals surface area contributed by atoms with Crippen molar-refractivity contribution in [2.45, 2.75) is 26.6 Å². The van der Waals surface area contributed by atoms with E-state index in [1.807, 2.05) is 23.7 Å². The second kappa shape index (κ2) is 6.11. The summed E-state index contributed by atoms with van der Waals surface area (Å²) in [5.41, 5.74) is 1.13. The van der Waals surface area contributed by atoms with Crippen molar-refractivity contribution in [1.82, 2.24) is 25.1 Å². The van der Waals surface area contributed by atoms with E-state index in [0.717, 1.165) is 24.5 Å². The molecule has 0 saturated carbocycles. The van der Waals surface area contributed by atoms with Crippen LogP contribution in [0.25, 0.3) is 0 Å². The summed E-state index contributed by atoms with van der Waals surface area (Å²) in [5, 5.41) is 7.45. The van der Waals surface area contributed by atoms with E-state index in [0.29, 0.717) is 12.4 Å². The van der Waals surface area contributed by atoms with Crippen LogP contribution in [0, 0.1) is 0 Å². The van der Waals surface area contributed by atoms with Gasteiger partial charge in [0.2, 0.25) is 5.88 Å². The number of hydrogen-bond acceptors (Lipinski definition) is 5. The number of aryl methyl sites for hydroxylation is 1. The third-order valence-electron chi connectivity index (χ3n) is 2.62. The van der Waals surface area contributed by atoms with Gasteiger partial charge in [0.05, 0.1) is 13.7 Å². The Bertz CT molecular complexity index is 497. The van der Waals surface area contributed by atoms with Crippen molar-refractivity contribution in [3.05, 3.63) is 36.0 Å². The predicted molar refractivity (Wildman–Crippen MR) is 67.0 cm³/mol. The van der Waals surface area contributed by atoms with Crippen LogP contribution < -0.4 is 10.1 Å². The fourth-order valence-electron chi connectivity index (χ4n) is 1.68. The lowest BCUT2D eigenvalue weighted by molar-refractivity contribution is 0.397. The number of pyridine rings is 1. The number of nitrogens with zero attached hydrogens (tertiary/aromatic N) is 4. The highest BCUT2D eigenvalue weighted by molar-refractivity contribution is 5.20. The summed E-state index contributed by atoms with van der Waals surface area (Å²) in [6.45, 7) is 4.32. The molecule has 2 heterocycles. The zero-order valence-electron chi connectivity index (χ0n) is 10.6. The molecule has 0 spiro atoms. The number of methoxy groups -OCH3 is 1. The van der Waals surface area contributed by atoms with E-state index in [4.69, 9.17) is 4.74 Å². The van der Waals surface area contributed by atoms with E-state index in [9.17, 15) is 0 Å². The Labute approximate surface area is 106 Å². The van der Waals surface area contributed by atoms with Crippen LogP contribution in [-0.4, -0.2) is 26.9 Å². The first kappa shape index (κ1) is 12.5. The molecule has 0 unspecified atom stereocenters.